The highest BCUT2D eigenvalue weighted by molar-refractivity contribution is 7.17. The highest BCUT2D eigenvalue weighted by atomic mass is 32.1. The molecule has 0 saturated carbocycles. The zero-order valence-corrected chi connectivity index (χ0v) is 12.4. The topological polar surface area (TPSA) is 63.6 Å². The second-order valence-corrected chi connectivity index (χ2v) is 5.95. The van der Waals surface area contributed by atoms with Gasteiger partial charge in [-0.05, 0) is 34.5 Å². The highest BCUT2D eigenvalue weighted by Crippen LogP contribution is 2.27. The number of H-pyrrole nitrogens is 1. The summed E-state index contributed by atoms with van der Waals surface area (Å²) in [4.78, 5) is 17.5. The molecule has 0 aliphatic carbocycles. The van der Waals surface area contributed by atoms with Gasteiger partial charge in [-0.25, -0.2) is 9.78 Å². The lowest BCUT2D eigenvalue weighted by molar-refractivity contribution is 0.668. The van der Waals surface area contributed by atoms with Crippen LogP contribution in [0.1, 0.15) is 5.69 Å². The average molecular weight is 308 g/mol. The maximum Gasteiger partial charge on any atom is 0.345 e. The van der Waals surface area contributed by atoms with Crippen LogP contribution in [0.4, 0.5) is 0 Å². The molecule has 3 heterocycles. The molecular formula is C16H12N4OS. The number of thiophene rings is 1. The van der Waals surface area contributed by atoms with E-state index in [0.717, 1.165) is 16.8 Å². The van der Waals surface area contributed by atoms with Crippen molar-refractivity contribution < 1.29 is 0 Å². The fourth-order valence-corrected chi connectivity index (χ4v) is 3.23. The summed E-state index contributed by atoms with van der Waals surface area (Å²) in [5, 5.41) is 7.72. The molecule has 108 valence electrons. The first-order chi connectivity index (χ1) is 10.8. The molecule has 1 aromatic carbocycles. The molecule has 0 aliphatic heterocycles. The van der Waals surface area contributed by atoms with E-state index in [1.165, 1.54) is 16.3 Å². The molecule has 0 bridgehead atoms. The summed E-state index contributed by atoms with van der Waals surface area (Å²) in [6.45, 7) is 0.513. The molecule has 0 unspecified atom stereocenters. The van der Waals surface area contributed by atoms with Gasteiger partial charge in [0.05, 0.1) is 12.7 Å². The van der Waals surface area contributed by atoms with E-state index in [9.17, 15) is 4.79 Å². The Labute approximate surface area is 129 Å². The standard InChI is InChI=1S/C16H12N4OS/c21-16-17-5-3-14(19-16)10-20-9-13(8-18-20)12-2-1-11-4-6-22-15(11)7-12/h1-9H,10H2,(H,17,19,21). The van der Waals surface area contributed by atoms with Gasteiger partial charge in [-0.1, -0.05) is 12.1 Å². The summed E-state index contributed by atoms with van der Waals surface area (Å²) in [7, 11) is 0. The van der Waals surface area contributed by atoms with Gasteiger partial charge in [0.25, 0.3) is 0 Å². The number of nitrogens with one attached hydrogen (secondary N) is 1. The van der Waals surface area contributed by atoms with E-state index in [0.29, 0.717) is 6.54 Å². The number of fused-ring (bicyclic) bond motifs is 1. The molecule has 0 aliphatic rings. The molecule has 6 heteroatoms. The van der Waals surface area contributed by atoms with Crippen molar-refractivity contribution in [2.24, 2.45) is 0 Å². The smallest absolute Gasteiger partial charge is 0.308 e. The van der Waals surface area contributed by atoms with E-state index in [1.807, 2.05) is 12.4 Å². The molecule has 22 heavy (non-hydrogen) atoms. The van der Waals surface area contributed by atoms with Crippen LogP contribution in [0.15, 0.2) is 59.1 Å². The molecule has 0 spiro atoms. The second kappa shape index (κ2) is 5.23. The first-order valence-electron chi connectivity index (χ1n) is 6.82. The third-order valence-corrected chi connectivity index (χ3v) is 4.37. The lowest BCUT2D eigenvalue weighted by atomic mass is 10.1. The van der Waals surface area contributed by atoms with Crippen molar-refractivity contribution in [2.75, 3.05) is 0 Å². The Morgan fingerprint density at radius 2 is 2.14 bits per heavy atom. The van der Waals surface area contributed by atoms with E-state index < -0.39 is 0 Å². The molecule has 0 fully saturated rings. The quantitative estimate of drug-likeness (QED) is 0.633. The number of benzene rings is 1. The first-order valence-corrected chi connectivity index (χ1v) is 7.70. The Morgan fingerprint density at radius 3 is 3.05 bits per heavy atom. The summed E-state index contributed by atoms with van der Waals surface area (Å²) < 4.78 is 3.07. The Morgan fingerprint density at radius 1 is 1.18 bits per heavy atom. The maximum atomic E-state index is 11.2. The van der Waals surface area contributed by atoms with Gasteiger partial charge in [0.2, 0.25) is 0 Å². The predicted octanol–water partition coefficient (Wildman–Crippen LogP) is 2.90. The lowest BCUT2D eigenvalue weighted by Gasteiger charge is -2.01. The summed E-state index contributed by atoms with van der Waals surface area (Å²) in [5.41, 5.74) is 2.65. The summed E-state index contributed by atoms with van der Waals surface area (Å²) in [6, 6.07) is 10.3. The van der Waals surface area contributed by atoms with Gasteiger partial charge in [-0.15, -0.1) is 11.3 Å². The second-order valence-electron chi connectivity index (χ2n) is 5.00. The molecule has 0 radical (unpaired) electrons. The fourth-order valence-electron chi connectivity index (χ4n) is 2.41. The number of hydrogen-bond acceptors (Lipinski definition) is 4. The molecule has 3 aromatic heterocycles. The van der Waals surface area contributed by atoms with Gasteiger partial charge in [0.15, 0.2) is 0 Å². The van der Waals surface area contributed by atoms with E-state index >= 15 is 0 Å². The third kappa shape index (κ3) is 2.44. The van der Waals surface area contributed by atoms with Crippen LogP contribution in [0.3, 0.4) is 0 Å². The van der Waals surface area contributed by atoms with Crippen molar-refractivity contribution in [1.82, 2.24) is 19.7 Å². The number of aromatic amines is 1. The van der Waals surface area contributed by atoms with E-state index in [-0.39, 0.29) is 5.69 Å². The Hall–Kier alpha value is -2.73. The van der Waals surface area contributed by atoms with Crippen molar-refractivity contribution in [3.8, 4) is 11.1 Å². The van der Waals surface area contributed by atoms with Crippen LogP contribution < -0.4 is 5.69 Å². The van der Waals surface area contributed by atoms with Crippen LogP contribution in [0.5, 0.6) is 0 Å². The first kappa shape index (κ1) is 13.0. The number of hydrogen-bond donors (Lipinski definition) is 1. The normalized spacial score (nSPS) is 11.1. The largest absolute Gasteiger partial charge is 0.345 e. The monoisotopic (exact) mass is 308 g/mol. The third-order valence-electron chi connectivity index (χ3n) is 3.49. The van der Waals surface area contributed by atoms with Crippen molar-refractivity contribution in [3.05, 3.63) is 70.5 Å². The van der Waals surface area contributed by atoms with Gasteiger partial charge >= 0.3 is 5.69 Å². The summed E-state index contributed by atoms with van der Waals surface area (Å²) in [5.74, 6) is 0. The number of nitrogens with zero attached hydrogens (tertiary/aromatic N) is 3. The van der Waals surface area contributed by atoms with Crippen molar-refractivity contribution >= 4 is 21.4 Å². The number of rotatable bonds is 3. The average Bonchev–Trinajstić information content (AvgIpc) is 3.15. The zero-order chi connectivity index (χ0) is 14.9. The van der Waals surface area contributed by atoms with Gasteiger partial charge in [0, 0.05) is 28.4 Å². The molecular weight excluding hydrogens is 296 g/mol. The van der Waals surface area contributed by atoms with E-state index in [1.54, 1.807) is 22.1 Å². The Kier molecular flexibility index (Phi) is 3.08. The summed E-state index contributed by atoms with van der Waals surface area (Å²) in [6.07, 6.45) is 5.32. The molecule has 4 rings (SSSR count). The van der Waals surface area contributed by atoms with Gasteiger partial charge in [-0.3, -0.25) is 4.68 Å². The predicted molar refractivity (Wildman–Crippen MR) is 87.0 cm³/mol. The van der Waals surface area contributed by atoms with Crippen LogP contribution in [0.2, 0.25) is 0 Å². The van der Waals surface area contributed by atoms with Crippen LogP contribution in [-0.2, 0) is 6.54 Å². The lowest BCUT2D eigenvalue weighted by Crippen LogP contribution is -2.13. The molecule has 5 nitrogen and oxygen atoms in total. The van der Waals surface area contributed by atoms with Gasteiger partial charge < -0.3 is 4.98 Å². The minimum absolute atomic E-state index is 0.340. The van der Waals surface area contributed by atoms with E-state index in [4.69, 9.17) is 0 Å². The molecule has 1 N–H and O–H groups in total. The van der Waals surface area contributed by atoms with E-state index in [2.05, 4.69) is 44.7 Å². The Bertz CT molecular complexity index is 998. The van der Waals surface area contributed by atoms with Crippen LogP contribution >= 0.6 is 11.3 Å². The molecule has 0 saturated heterocycles. The highest BCUT2D eigenvalue weighted by Gasteiger charge is 2.05. The summed E-state index contributed by atoms with van der Waals surface area (Å²) >= 11 is 1.73. The van der Waals surface area contributed by atoms with Crippen molar-refractivity contribution in [1.29, 1.82) is 0 Å². The fraction of sp³-hybridized carbons (Fsp3) is 0.0625. The van der Waals surface area contributed by atoms with Crippen LogP contribution in [0, 0.1) is 0 Å². The Balaban J connectivity index is 1.64. The van der Waals surface area contributed by atoms with Crippen LogP contribution in [0.25, 0.3) is 21.2 Å². The van der Waals surface area contributed by atoms with Crippen LogP contribution in [-0.4, -0.2) is 19.7 Å². The minimum Gasteiger partial charge on any atom is -0.308 e. The van der Waals surface area contributed by atoms with Gasteiger partial charge in [-0.2, -0.15) is 5.10 Å². The molecule has 4 aromatic rings. The zero-order valence-electron chi connectivity index (χ0n) is 11.6. The molecule has 0 atom stereocenters. The van der Waals surface area contributed by atoms with Gasteiger partial charge in [0.1, 0.15) is 0 Å². The maximum absolute atomic E-state index is 11.2. The SMILES string of the molecule is O=c1nccc(Cn2cc(-c3ccc4ccsc4c3)cn2)[nH]1. The van der Waals surface area contributed by atoms with Crippen molar-refractivity contribution in [3.63, 3.8) is 0 Å². The molecule has 0 amide bonds. The minimum atomic E-state index is -0.340. The number of aromatic nitrogens is 4. The van der Waals surface area contributed by atoms with Crippen molar-refractivity contribution in [2.45, 2.75) is 6.54 Å².